The maximum Gasteiger partial charge on any atom is 0.253 e. The van der Waals surface area contributed by atoms with Gasteiger partial charge in [0, 0.05) is 12.5 Å². The van der Waals surface area contributed by atoms with E-state index in [1.807, 2.05) is 0 Å². The van der Waals surface area contributed by atoms with Gasteiger partial charge in [-0.25, -0.2) is 0 Å². The Kier molecular flexibility index (Phi) is 4.01. The first-order valence-electron chi connectivity index (χ1n) is 5.38. The number of aldehydes is 1. The summed E-state index contributed by atoms with van der Waals surface area (Å²) in [6.45, 7) is 1.75. The van der Waals surface area contributed by atoms with Gasteiger partial charge in [0.2, 0.25) is 5.89 Å². The second kappa shape index (κ2) is 5.71. The third kappa shape index (κ3) is 3.03. The predicted molar refractivity (Wildman–Crippen MR) is 66.8 cm³/mol. The Morgan fingerprint density at radius 2 is 2.21 bits per heavy atom. The lowest BCUT2D eigenvalue weighted by Crippen LogP contribution is -1.99. The highest BCUT2D eigenvalue weighted by Gasteiger charge is 2.13. The summed E-state index contributed by atoms with van der Waals surface area (Å²) in [5.41, 5.74) is 0.405. The molecule has 0 N–H and O–H groups in total. The van der Waals surface area contributed by atoms with Crippen molar-refractivity contribution in [2.24, 2.45) is 0 Å². The lowest BCUT2D eigenvalue weighted by atomic mass is 10.2. The number of carbonyl (C=O) groups excluding carboxylic acids is 1. The third-order valence-electron chi connectivity index (χ3n) is 2.30. The smallest absolute Gasteiger partial charge is 0.253 e. The lowest BCUT2D eigenvalue weighted by molar-refractivity contribution is 0.112. The Labute approximate surface area is 114 Å². The fourth-order valence-electron chi connectivity index (χ4n) is 1.48. The zero-order valence-electron chi connectivity index (χ0n) is 10.3. The molecule has 6 nitrogen and oxygen atoms in total. The van der Waals surface area contributed by atoms with E-state index in [1.165, 1.54) is 19.2 Å². The first-order chi connectivity index (χ1) is 9.13. The summed E-state index contributed by atoms with van der Waals surface area (Å²) < 4.78 is 15.8. The topological polar surface area (TPSA) is 74.5 Å². The van der Waals surface area contributed by atoms with E-state index in [0.29, 0.717) is 35.1 Å². The van der Waals surface area contributed by atoms with E-state index < -0.39 is 0 Å². The number of aryl methyl sites for hydroxylation is 1. The first-order valence-corrected chi connectivity index (χ1v) is 5.76. The Morgan fingerprint density at radius 1 is 1.42 bits per heavy atom. The molecule has 0 aliphatic carbocycles. The van der Waals surface area contributed by atoms with E-state index in [2.05, 4.69) is 10.2 Å². The molecule has 0 amide bonds. The van der Waals surface area contributed by atoms with Gasteiger partial charge in [-0.2, -0.15) is 0 Å². The van der Waals surface area contributed by atoms with Crippen LogP contribution in [0.25, 0.3) is 0 Å². The van der Waals surface area contributed by atoms with Crippen LogP contribution >= 0.6 is 11.6 Å². The summed E-state index contributed by atoms with van der Waals surface area (Å²) in [6.07, 6.45) is 0.680. The number of benzene rings is 1. The summed E-state index contributed by atoms with van der Waals surface area (Å²) in [5, 5.41) is 7.76. The second-order valence-corrected chi connectivity index (χ2v) is 4.06. The number of ether oxygens (including phenoxy) is 2. The molecule has 7 heteroatoms. The monoisotopic (exact) mass is 282 g/mol. The molecule has 100 valence electrons. The Morgan fingerprint density at radius 3 is 2.79 bits per heavy atom. The largest absolute Gasteiger partial charge is 0.493 e. The van der Waals surface area contributed by atoms with Crippen LogP contribution in [0.5, 0.6) is 11.5 Å². The van der Waals surface area contributed by atoms with Crippen molar-refractivity contribution < 1.29 is 18.7 Å². The maximum atomic E-state index is 10.7. The fraction of sp³-hybridized carbons (Fsp3) is 0.250. The number of hydrogen-bond acceptors (Lipinski definition) is 6. The minimum absolute atomic E-state index is 0.0668. The lowest BCUT2D eigenvalue weighted by Gasteiger charge is -2.11. The molecule has 19 heavy (non-hydrogen) atoms. The molecule has 0 spiro atoms. The Bertz CT molecular complexity index is 597. The van der Waals surface area contributed by atoms with Crippen LogP contribution in [-0.2, 0) is 6.61 Å². The molecule has 0 atom stereocenters. The van der Waals surface area contributed by atoms with Gasteiger partial charge in [0.25, 0.3) is 5.89 Å². The number of nitrogens with zero attached hydrogens (tertiary/aromatic N) is 2. The van der Waals surface area contributed by atoms with Gasteiger partial charge in [-0.1, -0.05) is 11.6 Å². The van der Waals surface area contributed by atoms with Crippen molar-refractivity contribution in [3.8, 4) is 11.5 Å². The minimum Gasteiger partial charge on any atom is -0.493 e. The van der Waals surface area contributed by atoms with Gasteiger partial charge in [-0.15, -0.1) is 10.2 Å². The van der Waals surface area contributed by atoms with Gasteiger partial charge in [0.1, 0.15) is 6.29 Å². The van der Waals surface area contributed by atoms with Crippen LogP contribution in [0, 0.1) is 6.92 Å². The van der Waals surface area contributed by atoms with Gasteiger partial charge >= 0.3 is 0 Å². The highest BCUT2D eigenvalue weighted by Crippen LogP contribution is 2.36. The van der Waals surface area contributed by atoms with Gasteiger partial charge in [0.15, 0.2) is 18.1 Å². The Hall–Kier alpha value is -2.08. The average Bonchev–Trinajstić information content (AvgIpc) is 2.82. The van der Waals surface area contributed by atoms with E-state index in [4.69, 9.17) is 25.5 Å². The number of methoxy groups -OCH3 is 1. The summed E-state index contributed by atoms with van der Waals surface area (Å²) in [5.74, 6) is 1.47. The van der Waals surface area contributed by atoms with Crippen LogP contribution in [0.2, 0.25) is 5.02 Å². The average molecular weight is 283 g/mol. The zero-order chi connectivity index (χ0) is 13.8. The molecule has 1 aromatic heterocycles. The molecular weight excluding hydrogens is 272 g/mol. The fourth-order valence-corrected chi connectivity index (χ4v) is 1.75. The zero-order valence-corrected chi connectivity index (χ0v) is 11.1. The molecular formula is C12H11ClN2O4. The van der Waals surface area contributed by atoms with Gasteiger partial charge in [-0.3, -0.25) is 4.79 Å². The van der Waals surface area contributed by atoms with Crippen molar-refractivity contribution >= 4 is 17.9 Å². The van der Waals surface area contributed by atoms with Crippen LogP contribution in [-0.4, -0.2) is 23.6 Å². The van der Waals surface area contributed by atoms with E-state index in [-0.39, 0.29) is 11.6 Å². The highest BCUT2D eigenvalue weighted by atomic mass is 35.5. The van der Waals surface area contributed by atoms with Crippen LogP contribution in [0.1, 0.15) is 22.1 Å². The van der Waals surface area contributed by atoms with Crippen molar-refractivity contribution in [1.82, 2.24) is 10.2 Å². The second-order valence-electron chi connectivity index (χ2n) is 3.66. The minimum atomic E-state index is 0.0668. The predicted octanol–water partition coefficient (Wildman–Crippen LogP) is 2.43. The van der Waals surface area contributed by atoms with Crippen molar-refractivity contribution in [3.05, 3.63) is 34.5 Å². The Balaban J connectivity index is 2.21. The standard InChI is InChI=1S/C12H11ClN2O4/c1-7-14-15-11(19-7)6-18-12-9(13)3-8(5-16)4-10(12)17-2/h3-5H,6H2,1-2H3. The van der Waals surface area contributed by atoms with E-state index in [1.54, 1.807) is 6.92 Å². The molecule has 0 saturated heterocycles. The van der Waals surface area contributed by atoms with Crippen LogP contribution in [0.4, 0.5) is 0 Å². The molecule has 0 bridgehead atoms. The van der Waals surface area contributed by atoms with Gasteiger partial charge in [-0.05, 0) is 12.1 Å². The molecule has 0 saturated carbocycles. The molecule has 0 unspecified atom stereocenters. The molecule has 0 radical (unpaired) electrons. The normalized spacial score (nSPS) is 10.3. The van der Waals surface area contributed by atoms with Crippen molar-refractivity contribution in [3.63, 3.8) is 0 Å². The van der Waals surface area contributed by atoms with Crippen molar-refractivity contribution in [1.29, 1.82) is 0 Å². The van der Waals surface area contributed by atoms with E-state index in [9.17, 15) is 4.79 Å². The van der Waals surface area contributed by atoms with Gasteiger partial charge < -0.3 is 13.9 Å². The van der Waals surface area contributed by atoms with Crippen molar-refractivity contribution in [2.75, 3.05) is 7.11 Å². The molecule has 2 aromatic rings. The molecule has 1 heterocycles. The van der Waals surface area contributed by atoms with Crippen LogP contribution in [0.15, 0.2) is 16.5 Å². The SMILES string of the molecule is COc1cc(C=O)cc(Cl)c1OCc1nnc(C)o1. The molecule has 0 aliphatic rings. The van der Waals surface area contributed by atoms with Crippen LogP contribution in [0.3, 0.4) is 0 Å². The summed E-state index contributed by atoms with van der Waals surface area (Å²) >= 11 is 6.03. The molecule has 1 aromatic carbocycles. The third-order valence-corrected chi connectivity index (χ3v) is 2.58. The summed E-state index contributed by atoms with van der Waals surface area (Å²) in [6, 6.07) is 3.03. The summed E-state index contributed by atoms with van der Waals surface area (Å²) in [7, 11) is 1.46. The maximum absolute atomic E-state index is 10.7. The first kappa shape index (κ1) is 13.4. The number of rotatable bonds is 5. The molecule has 0 aliphatic heterocycles. The number of carbonyl (C=O) groups is 1. The summed E-state index contributed by atoms with van der Waals surface area (Å²) in [4.78, 5) is 10.7. The molecule has 2 rings (SSSR count). The number of halogens is 1. The molecule has 0 fully saturated rings. The van der Waals surface area contributed by atoms with E-state index >= 15 is 0 Å². The van der Waals surface area contributed by atoms with Crippen molar-refractivity contribution in [2.45, 2.75) is 13.5 Å². The highest BCUT2D eigenvalue weighted by molar-refractivity contribution is 6.32. The van der Waals surface area contributed by atoms with Gasteiger partial charge in [0.05, 0.1) is 12.1 Å². The quantitative estimate of drug-likeness (QED) is 0.784. The number of aromatic nitrogens is 2. The van der Waals surface area contributed by atoms with E-state index in [0.717, 1.165) is 0 Å². The number of hydrogen-bond donors (Lipinski definition) is 0. The van der Waals surface area contributed by atoms with Crippen LogP contribution < -0.4 is 9.47 Å².